The Morgan fingerprint density at radius 1 is 1.20 bits per heavy atom. The molecule has 6 nitrogen and oxygen atoms in total. The first-order valence-corrected chi connectivity index (χ1v) is 8.40. The van der Waals surface area contributed by atoms with Crippen molar-refractivity contribution in [1.82, 2.24) is 15.2 Å². The van der Waals surface area contributed by atoms with E-state index in [0.717, 1.165) is 18.4 Å². The van der Waals surface area contributed by atoms with Gasteiger partial charge in [-0.3, -0.25) is 19.5 Å². The molecule has 0 bridgehead atoms. The number of amides is 2. The second-order valence-corrected chi connectivity index (χ2v) is 6.20. The summed E-state index contributed by atoms with van der Waals surface area (Å²) in [6, 6.07) is 11.6. The van der Waals surface area contributed by atoms with Crippen LogP contribution in [0, 0.1) is 0 Å². The Labute approximate surface area is 147 Å². The lowest BCUT2D eigenvalue weighted by molar-refractivity contribution is -0.117. The largest absolute Gasteiger partial charge is 0.355 e. The number of hydrogen-bond acceptors (Lipinski definition) is 4. The zero-order valence-electron chi connectivity index (χ0n) is 14.2. The average Bonchev–Trinajstić information content (AvgIpc) is 3.47. The van der Waals surface area contributed by atoms with Gasteiger partial charge in [-0.25, -0.2) is 0 Å². The van der Waals surface area contributed by atoms with E-state index in [4.69, 9.17) is 0 Å². The number of anilines is 1. The molecule has 0 unspecified atom stereocenters. The van der Waals surface area contributed by atoms with Crippen molar-refractivity contribution < 1.29 is 9.59 Å². The van der Waals surface area contributed by atoms with Crippen LogP contribution in [0.1, 0.15) is 28.8 Å². The molecule has 1 fully saturated rings. The summed E-state index contributed by atoms with van der Waals surface area (Å²) in [7, 11) is 1.62. The van der Waals surface area contributed by atoms with Crippen molar-refractivity contribution in [3.05, 3.63) is 59.9 Å². The lowest BCUT2D eigenvalue weighted by Gasteiger charge is -2.21. The van der Waals surface area contributed by atoms with Crippen molar-refractivity contribution >= 4 is 17.5 Å². The van der Waals surface area contributed by atoms with Gasteiger partial charge in [0.1, 0.15) is 0 Å². The molecule has 0 atom stereocenters. The van der Waals surface area contributed by atoms with Gasteiger partial charge in [-0.1, -0.05) is 12.1 Å². The molecule has 1 saturated carbocycles. The number of pyridine rings is 1. The SMILES string of the molecule is CNC(=O)c1ccc(CN(CC(=O)Nc2cccnc2)C2CC2)cc1. The normalized spacial score (nSPS) is 13.5. The van der Waals surface area contributed by atoms with Crippen LogP contribution < -0.4 is 10.6 Å². The zero-order chi connectivity index (χ0) is 17.6. The summed E-state index contributed by atoms with van der Waals surface area (Å²) < 4.78 is 0. The van der Waals surface area contributed by atoms with Crippen LogP contribution in [-0.2, 0) is 11.3 Å². The Morgan fingerprint density at radius 3 is 2.56 bits per heavy atom. The summed E-state index contributed by atoms with van der Waals surface area (Å²) in [5.74, 6) is -0.136. The van der Waals surface area contributed by atoms with E-state index in [1.807, 2.05) is 30.3 Å². The number of carbonyl (C=O) groups excluding carboxylic acids is 2. The molecule has 1 aromatic heterocycles. The molecule has 1 aliphatic rings. The van der Waals surface area contributed by atoms with E-state index in [9.17, 15) is 9.59 Å². The summed E-state index contributed by atoms with van der Waals surface area (Å²) in [5, 5.41) is 5.49. The Bertz CT molecular complexity index is 727. The lowest BCUT2D eigenvalue weighted by atomic mass is 10.1. The first kappa shape index (κ1) is 17.1. The van der Waals surface area contributed by atoms with Gasteiger partial charge in [-0.05, 0) is 42.7 Å². The van der Waals surface area contributed by atoms with Crippen LogP contribution in [0.2, 0.25) is 0 Å². The van der Waals surface area contributed by atoms with E-state index in [1.54, 1.807) is 25.5 Å². The van der Waals surface area contributed by atoms with E-state index in [1.165, 1.54) is 0 Å². The maximum Gasteiger partial charge on any atom is 0.251 e. The minimum atomic E-state index is -0.0959. The molecule has 1 heterocycles. The smallest absolute Gasteiger partial charge is 0.251 e. The van der Waals surface area contributed by atoms with Crippen molar-refractivity contribution in [2.75, 3.05) is 18.9 Å². The molecule has 0 radical (unpaired) electrons. The Balaban J connectivity index is 1.60. The Hall–Kier alpha value is -2.73. The van der Waals surface area contributed by atoms with E-state index in [2.05, 4.69) is 20.5 Å². The highest BCUT2D eigenvalue weighted by molar-refractivity contribution is 5.94. The second-order valence-electron chi connectivity index (χ2n) is 6.20. The highest BCUT2D eigenvalue weighted by atomic mass is 16.2. The van der Waals surface area contributed by atoms with Gasteiger partial charge >= 0.3 is 0 Å². The topological polar surface area (TPSA) is 74.3 Å². The fourth-order valence-corrected chi connectivity index (χ4v) is 2.72. The van der Waals surface area contributed by atoms with Gasteiger partial charge in [0.2, 0.25) is 5.91 Å². The van der Waals surface area contributed by atoms with Crippen molar-refractivity contribution in [3.8, 4) is 0 Å². The molecular formula is C19H22N4O2. The van der Waals surface area contributed by atoms with Crippen molar-refractivity contribution in [1.29, 1.82) is 0 Å². The van der Waals surface area contributed by atoms with Gasteiger partial charge in [0.25, 0.3) is 5.91 Å². The van der Waals surface area contributed by atoms with Crippen molar-refractivity contribution in [3.63, 3.8) is 0 Å². The molecule has 25 heavy (non-hydrogen) atoms. The fourth-order valence-electron chi connectivity index (χ4n) is 2.72. The van der Waals surface area contributed by atoms with Crippen LogP contribution in [0.5, 0.6) is 0 Å². The number of nitrogens with one attached hydrogen (secondary N) is 2. The van der Waals surface area contributed by atoms with E-state index in [-0.39, 0.29) is 11.8 Å². The summed E-state index contributed by atoms with van der Waals surface area (Å²) in [6.07, 6.45) is 5.55. The third kappa shape index (κ3) is 4.87. The maximum absolute atomic E-state index is 12.3. The quantitative estimate of drug-likeness (QED) is 0.810. The number of rotatable bonds is 7. The minimum absolute atomic E-state index is 0.0399. The van der Waals surface area contributed by atoms with Gasteiger partial charge in [0, 0.05) is 31.4 Å². The van der Waals surface area contributed by atoms with Gasteiger partial charge in [0.15, 0.2) is 0 Å². The number of nitrogens with zero attached hydrogens (tertiary/aromatic N) is 2. The summed E-state index contributed by atoms with van der Waals surface area (Å²) in [5.41, 5.74) is 2.44. The van der Waals surface area contributed by atoms with Gasteiger partial charge in [-0.15, -0.1) is 0 Å². The minimum Gasteiger partial charge on any atom is -0.355 e. The van der Waals surface area contributed by atoms with Gasteiger partial charge < -0.3 is 10.6 Å². The molecule has 2 aromatic rings. The molecule has 1 aromatic carbocycles. The van der Waals surface area contributed by atoms with Gasteiger partial charge in [-0.2, -0.15) is 0 Å². The highest BCUT2D eigenvalue weighted by Gasteiger charge is 2.30. The van der Waals surface area contributed by atoms with Crippen LogP contribution in [0.15, 0.2) is 48.8 Å². The maximum atomic E-state index is 12.3. The molecule has 2 amide bonds. The van der Waals surface area contributed by atoms with Crippen molar-refractivity contribution in [2.45, 2.75) is 25.4 Å². The fraction of sp³-hybridized carbons (Fsp3) is 0.316. The molecule has 1 aliphatic carbocycles. The molecule has 6 heteroatoms. The molecule has 2 N–H and O–H groups in total. The van der Waals surface area contributed by atoms with E-state index >= 15 is 0 Å². The molecule has 0 aliphatic heterocycles. The molecule has 0 saturated heterocycles. The highest BCUT2D eigenvalue weighted by Crippen LogP contribution is 2.28. The van der Waals surface area contributed by atoms with Crippen molar-refractivity contribution in [2.24, 2.45) is 0 Å². The molecule has 130 valence electrons. The van der Waals surface area contributed by atoms with Crippen LogP contribution in [0.4, 0.5) is 5.69 Å². The summed E-state index contributed by atoms with van der Waals surface area (Å²) in [6.45, 7) is 1.04. The summed E-state index contributed by atoms with van der Waals surface area (Å²) >= 11 is 0. The molecule has 3 rings (SSSR count). The monoisotopic (exact) mass is 338 g/mol. The molecular weight excluding hydrogens is 316 g/mol. The Morgan fingerprint density at radius 2 is 1.96 bits per heavy atom. The molecule has 0 spiro atoms. The van der Waals surface area contributed by atoms with Crippen LogP contribution in [0.3, 0.4) is 0 Å². The first-order valence-electron chi connectivity index (χ1n) is 8.40. The second kappa shape index (κ2) is 7.90. The number of aromatic nitrogens is 1. The predicted octanol–water partition coefficient (Wildman–Crippen LogP) is 2.04. The standard InChI is InChI=1S/C19H22N4O2/c1-20-19(25)15-6-4-14(5-7-15)12-23(17-8-9-17)13-18(24)22-16-3-2-10-21-11-16/h2-7,10-11,17H,8-9,12-13H2,1H3,(H,20,25)(H,22,24). The van der Waals surface area contributed by atoms with Crippen LogP contribution in [0.25, 0.3) is 0 Å². The zero-order valence-corrected chi connectivity index (χ0v) is 14.2. The third-order valence-electron chi connectivity index (χ3n) is 4.18. The van der Waals surface area contributed by atoms with Crippen LogP contribution >= 0.6 is 0 Å². The Kier molecular flexibility index (Phi) is 5.40. The average molecular weight is 338 g/mol. The summed E-state index contributed by atoms with van der Waals surface area (Å²) in [4.78, 5) is 30.1. The van der Waals surface area contributed by atoms with E-state index < -0.39 is 0 Å². The first-order chi connectivity index (χ1) is 12.2. The van der Waals surface area contributed by atoms with E-state index in [0.29, 0.717) is 30.4 Å². The van der Waals surface area contributed by atoms with Crippen LogP contribution in [-0.4, -0.2) is 41.3 Å². The number of benzene rings is 1. The predicted molar refractivity (Wildman–Crippen MR) is 96.1 cm³/mol. The van der Waals surface area contributed by atoms with Gasteiger partial charge in [0.05, 0.1) is 18.4 Å². The lowest BCUT2D eigenvalue weighted by Crippen LogP contribution is -2.34. The number of carbonyl (C=O) groups is 2. The third-order valence-corrected chi connectivity index (χ3v) is 4.18. The number of hydrogen-bond donors (Lipinski definition) is 2.